The van der Waals surface area contributed by atoms with Crippen LogP contribution in [0, 0.1) is 22.7 Å². The first kappa shape index (κ1) is 23.8. The van der Waals surface area contributed by atoms with Gasteiger partial charge in [-0.3, -0.25) is 9.59 Å². The summed E-state index contributed by atoms with van der Waals surface area (Å²) in [7, 11) is 0. The molecule has 7 heteroatoms. The number of phenols is 1. The van der Waals surface area contributed by atoms with Crippen molar-refractivity contribution in [2.45, 2.75) is 71.1 Å². The molecular formula is C29H33ClN2O4. The van der Waals surface area contributed by atoms with E-state index in [9.17, 15) is 14.7 Å². The highest BCUT2D eigenvalue weighted by atomic mass is 35.5. The molecule has 1 spiro atoms. The Morgan fingerprint density at radius 2 is 1.89 bits per heavy atom. The van der Waals surface area contributed by atoms with Gasteiger partial charge in [0, 0.05) is 44.9 Å². The highest BCUT2D eigenvalue weighted by Gasteiger charge is 2.69. The van der Waals surface area contributed by atoms with E-state index in [0.29, 0.717) is 46.2 Å². The van der Waals surface area contributed by atoms with Crippen LogP contribution in [-0.2, 0) is 11.2 Å². The normalized spacial score (nSPS) is 36.2. The number of Topliss-reactive ketones (excluding diaryl/α,β-unsaturated/α-hetero) is 1. The number of carbonyl (C=O) groups excluding carboxylic acids is 2. The lowest BCUT2D eigenvalue weighted by Gasteiger charge is -2.66. The monoisotopic (exact) mass is 508 g/mol. The third-order valence-corrected chi connectivity index (χ3v) is 10.5. The second-order valence-electron chi connectivity index (χ2n) is 12.1. The van der Waals surface area contributed by atoms with Crippen molar-refractivity contribution in [1.82, 2.24) is 5.32 Å². The third kappa shape index (κ3) is 2.83. The van der Waals surface area contributed by atoms with E-state index in [1.165, 1.54) is 0 Å². The van der Waals surface area contributed by atoms with Crippen LogP contribution in [0.2, 0.25) is 5.02 Å². The number of hydrogen-bond donors (Lipinski definition) is 3. The summed E-state index contributed by atoms with van der Waals surface area (Å²) in [4.78, 5) is 26.4. The number of nitrogens with two attached hydrogens (primary N) is 1. The number of benzene rings is 2. The number of ketones is 1. The average Bonchev–Trinajstić information content (AvgIpc) is 3.14. The number of carbonyl (C=O) groups is 2. The minimum Gasteiger partial charge on any atom is -0.508 e. The quantitative estimate of drug-likeness (QED) is 0.507. The standard InChI is InChI=1S/C29H33ClN2O4/c1-14-9-10-21-27(2,3)25(34)19(31)13-29(21)28(14,4)12-17-18(30)11-16-22(24(17)36-29)23(32-26(16)35)15-7-5-6-8-20(15)33/h5-8,11,14,19,21,23,33H,9-10,12-13,31H2,1-4H3,(H,32,35)/t14-,19?,21-,23?,28+,29-/m0/s1. The number of hydrogen-bond acceptors (Lipinski definition) is 5. The van der Waals surface area contributed by atoms with Crippen molar-refractivity contribution in [3.8, 4) is 11.5 Å². The predicted molar refractivity (Wildman–Crippen MR) is 137 cm³/mol. The maximum Gasteiger partial charge on any atom is 0.252 e. The Hall–Kier alpha value is -2.57. The molecule has 2 unspecified atom stereocenters. The number of ether oxygens (including phenoxy) is 1. The third-order valence-electron chi connectivity index (χ3n) is 10.1. The molecule has 0 bridgehead atoms. The van der Waals surface area contributed by atoms with Crippen LogP contribution in [0.1, 0.15) is 80.0 Å². The number of phenolic OH excluding ortho intramolecular Hbond substituents is 1. The van der Waals surface area contributed by atoms with Crippen molar-refractivity contribution in [2.75, 3.05) is 0 Å². The van der Waals surface area contributed by atoms with Gasteiger partial charge < -0.3 is 20.9 Å². The number of amides is 1. The first-order valence-corrected chi connectivity index (χ1v) is 13.2. The van der Waals surface area contributed by atoms with Gasteiger partial charge in [-0.25, -0.2) is 0 Å². The largest absolute Gasteiger partial charge is 0.508 e. The number of halogens is 1. The zero-order chi connectivity index (χ0) is 25.8. The van der Waals surface area contributed by atoms with Crippen LogP contribution in [0.25, 0.3) is 0 Å². The second-order valence-corrected chi connectivity index (χ2v) is 12.5. The van der Waals surface area contributed by atoms with E-state index in [4.69, 9.17) is 22.1 Å². The van der Waals surface area contributed by atoms with Gasteiger partial charge in [0.25, 0.3) is 5.91 Å². The van der Waals surface area contributed by atoms with Crippen LogP contribution >= 0.6 is 11.6 Å². The molecular weight excluding hydrogens is 476 g/mol. The Morgan fingerprint density at radius 1 is 1.17 bits per heavy atom. The number of para-hydroxylation sites is 1. The summed E-state index contributed by atoms with van der Waals surface area (Å²) >= 11 is 6.85. The maximum atomic E-state index is 13.3. The van der Waals surface area contributed by atoms with E-state index in [0.717, 1.165) is 18.4 Å². The van der Waals surface area contributed by atoms with Gasteiger partial charge in [-0.05, 0) is 37.3 Å². The lowest BCUT2D eigenvalue weighted by atomic mass is 9.43. The molecule has 6 rings (SSSR count). The molecule has 4 aliphatic rings. The topological polar surface area (TPSA) is 102 Å². The fraction of sp³-hybridized carbons (Fsp3) is 0.517. The Kier molecular flexibility index (Phi) is 4.95. The molecule has 2 aromatic carbocycles. The molecule has 0 aromatic heterocycles. The van der Waals surface area contributed by atoms with Gasteiger partial charge in [-0.2, -0.15) is 0 Å². The van der Waals surface area contributed by atoms with Gasteiger partial charge in [0.2, 0.25) is 0 Å². The van der Waals surface area contributed by atoms with Gasteiger partial charge in [0.1, 0.15) is 17.1 Å². The van der Waals surface area contributed by atoms with E-state index >= 15 is 0 Å². The van der Waals surface area contributed by atoms with Crippen molar-refractivity contribution >= 4 is 23.3 Å². The Labute approximate surface area is 216 Å². The van der Waals surface area contributed by atoms with E-state index < -0.39 is 23.1 Å². The number of fused-ring (bicyclic) bond motifs is 3. The Morgan fingerprint density at radius 3 is 2.61 bits per heavy atom. The van der Waals surface area contributed by atoms with Crippen molar-refractivity contribution in [3.63, 3.8) is 0 Å². The molecule has 2 aliphatic carbocycles. The van der Waals surface area contributed by atoms with Crippen molar-refractivity contribution in [1.29, 1.82) is 0 Å². The first-order valence-electron chi connectivity index (χ1n) is 12.9. The van der Waals surface area contributed by atoms with Crippen LogP contribution in [0.3, 0.4) is 0 Å². The van der Waals surface area contributed by atoms with Crippen molar-refractivity contribution < 1.29 is 19.4 Å². The maximum absolute atomic E-state index is 13.3. The van der Waals surface area contributed by atoms with E-state index in [2.05, 4.69) is 19.2 Å². The number of aromatic hydroxyl groups is 1. The minimum atomic E-state index is -0.679. The molecule has 2 saturated carbocycles. The SMILES string of the molecule is C[C@H]1CC[C@H]2C(C)(C)C(=O)C(N)C[C@]23Oc2c(c(Cl)cc4c2C(c2ccccc2O)NC4=O)C[C@]13C. The highest BCUT2D eigenvalue weighted by molar-refractivity contribution is 6.32. The minimum absolute atomic E-state index is 0.0186. The van der Waals surface area contributed by atoms with Crippen LogP contribution in [0.5, 0.6) is 11.5 Å². The predicted octanol–water partition coefficient (Wildman–Crippen LogP) is 4.93. The van der Waals surface area contributed by atoms with Crippen LogP contribution in [-0.4, -0.2) is 28.4 Å². The zero-order valence-corrected chi connectivity index (χ0v) is 21.9. The van der Waals surface area contributed by atoms with Crippen molar-refractivity contribution in [2.24, 2.45) is 28.4 Å². The van der Waals surface area contributed by atoms with Crippen LogP contribution in [0.15, 0.2) is 30.3 Å². The lowest BCUT2D eigenvalue weighted by molar-refractivity contribution is -0.211. The van der Waals surface area contributed by atoms with E-state index in [1.807, 2.05) is 26.0 Å². The second kappa shape index (κ2) is 7.48. The first-order chi connectivity index (χ1) is 16.9. The Bertz CT molecular complexity index is 1320. The van der Waals surface area contributed by atoms with Gasteiger partial charge in [0.05, 0.1) is 17.6 Å². The average molecular weight is 509 g/mol. The molecule has 2 aliphatic heterocycles. The molecule has 4 N–H and O–H groups in total. The summed E-state index contributed by atoms with van der Waals surface area (Å²) in [6.45, 7) is 8.54. The molecule has 1 amide bonds. The molecule has 2 fully saturated rings. The van der Waals surface area contributed by atoms with Gasteiger partial charge in [-0.15, -0.1) is 0 Å². The molecule has 0 saturated heterocycles. The van der Waals surface area contributed by atoms with E-state index in [1.54, 1.807) is 18.2 Å². The van der Waals surface area contributed by atoms with Crippen LogP contribution in [0.4, 0.5) is 0 Å². The molecule has 6 nitrogen and oxygen atoms in total. The Balaban J connectivity index is 1.61. The van der Waals surface area contributed by atoms with Gasteiger partial charge in [0.15, 0.2) is 5.78 Å². The number of rotatable bonds is 1. The molecule has 6 atom stereocenters. The molecule has 0 radical (unpaired) electrons. The summed E-state index contributed by atoms with van der Waals surface area (Å²) in [5.74, 6) is 0.865. The summed E-state index contributed by atoms with van der Waals surface area (Å²) in [6, 6.07) is 7.57. The fourth-order valence-corrected chi connectivity index (χ4v) is 8.22. The van der Waals surface area contributed by atoms with Crippen LogP contribution < -0.4 is 15.8 Å². The summed E-state index contributed by atoms with van der Waals surface area (Å²) < 4.78 is 7.23. The zero-order valence-electron chi connectivity index (χ0n) is 21.2. The van der Waals surface area contributed by atoms with E-state index in [-0.39, 0.29) is 28.8 Å². The van der Waals surface area contributed by atoms with Gasteiger partial charge >= 0.3 is 0 Å². The summed E-state index contributed by atoms with van der Waals surface area (Å²) in [5, 5.41) is 14.2. The molecule has 36 heavy (non-hydrogen) atoms. The summed E-state index contributed by atoms with van der Waals surface area (Å²) in [6.07, 6.45) is 2.98. The molecule has 2 aromatic rings. The van der Waals surface area contributed by atoms with Gasteiger partial charge in [-0.1, -0.05) is 57.5 Å². The summed E-state index contributed by atoms with van der Waals surface area (Å²) in [5.41, 5.74) is 7.58. The smallest absolute Gasteiger partial charge is 0.252 e. The molecule has 190 valence electrons. The lowest BCUT2D eigenvalue weighted by Crippen LogP contribution is -2.73. The highest BCUT2D eigenvalue weighted by Crippen LogP contribution is 2.66. The van der Waals surface area contributed by atoms with Crippen molar-refractivity contribution in [3.05, 3.63) is 57.6 Å². The number of nitrogens with one attached hydrogen (secondary N) is 1. The molecule has 2 heterocycles. The fourth-order valence-electron chi connectivity index (χ4n) is 7.96.